The van der Waals surface area contributed by atoms with Crippen LogP contribution in [0.3, 0.4) is 0 Å². The third-order valence-electron chi connectivity index (χ3n) is 4.56. The van der Waals surface area contributed by atoms with Gasteiger partial charge in [0, 0.05) is 20.7 Å². The first-order valence-electron chi connectivity index (χ1n) is 9.78. The fraction of sp³-hybridized carbons (Fsp3) is 0.0800. The van der Waals surface area contributed by atoms with Crippen LogP contribution in [0.1, 0.15) is 21.5 Å². The standard InChI is InChI=1S/C25H17Br2ClN2O4/c1-33-25(32)16-4-8-21(9-5-16)30-24(31)18(13-29)10-17-11-19(26)12-22(27)23(17)34-14-15-2-6-20(28)7-3-15/h2-12H,14H2,1H3,(H,30,31)/b18-10+. The van der Waals surface area contributed by atoms with Crippen LogP contribution in [0.15, 0.2) is 75.2 Å². The molecule has 0 heterocycles. The fourth-order valence-electron chi connectivity index (χ4n) is 2.89. The van der Waals surface area contributed by atoms with Crippen LogP contribution in [-0.4, -0.2) is 19.0 Å². The fourth-order valence-corrected chi connectivity index (χ4v) is 4.38. The summed E-state index contributed by atoms with van der Waals surface area (Å²) in [5, 5.41) is 12.9. The van der Waals surface area contributed by atoms with Gasteiger partial charge in [0.2, 0.25) is 0 Å². The first-order chi connectivity index (χ1) is 16.3. The molecule has 6 nitrogen and oxygen atoms in total. The van der Waals surface area contributed by atoms with Gasteiger partial charge in [0.15, 0.2) is 0 Å². The zero-order valence-electron chi connectivity index (χ0n) is 17.8. The molecular weight excluding hydrogens is 588 g/mol. The van der Waals surface area contributed by atoms with E-state index in [0.717, 1.165) is 10.0 Å². The van der Waals surface area contributed by atoms with Gasteiger partial charge < -0.3 is 14.8 Å². The van der Waals surface area contributed by atoms with Crippen molar-refractivity contribution in [1.82, 2.24) is 0 Å². The molecule has 0 radical (unpaired) electrons. The highest BCUT2D eigenvalue weighted by molar-refractivity contribution is 9.11. The minimum Gasteiger partial charge on any atom is -0.487 e. The van der Waals surface area contributed by atoms with Crippen molar-refractivity contribution < 1.29 is 19.1 Å². The van der Waals surface area contributed by atoms with Gasteiger partial charge in [-0.2, -0.15) is 5.26 Å². The second kappa shape index (κ2) is 11.8. The van der Waals surface area contributed by atoms with E-state index in [4.69, 9.17) is 16.3 Å². The Hall–Kier alpha value is -3.12. The van der Waals surface area contributed by atoms with Crippen molar-refractivity contribution >= 4 is 67.1 Å². The number of nitrogens with one attached hydrogen (secondary N) is 1. The van der Waals surface area contributed by atoms with E-state index in [1.807, 2.05) is 24.3 Å². The normalized spacial score (nSPS) is 10.9. The van der Waals surface area contributed by atoms with Crippen LogP contribution < -0.4 is 10.1 Å². The van der Waals surface area contributed by atoms with Crippen molar-refractivity contribution in [1.29, 1.82) is 5.26 Å². The third kappa shape index (κ3) is 6.70. The molecule has 34 heavy (non-hydrogen) atoms. The SMILES string of the molecule is COC(=O)c1ccc(NC(=O)/C(C#N)=C/c2cc(Br)cc(Br)c2OCc2ccc(Cl)cc2)cc1. The van der Waals surface area contributed by atoms with E-state index in [2.05, 4.69) is 41.9 Å². The number of rotatable bonds is 7. The average Bonchev–Trinajstić information content (AvgIpc) is 2.82. The highest BCUT2D eigenvalue weighted by Gasteiger charge is 2.15. The lowest BCUT2D eigenvalue weighted by Crippen LogP contribution is -2.13. The molecule has 1 amide bonds. The minimum atomic E-state index is -0.604. The van der Waals surface area contributed by atoms with Crippen molar-refractivity contribution in [2.45, 2.75) is 6.61 Å². The van der Waals surface area contributed by atoms with Gasteiger partial charge in [-0.1, -0.05) is 39.7 Å². The zero-order valence-corrected chi connectivity index (χ0v) is 21.7. The highest BCUT2D eigenvalue weighted by atomic mass is 79.9. The number of methoxy groups -OCH3 is 1. The summed E-state index contributed by atoms with van der Waals surface area (Å²) in [5.41, 5.74) is 2.08. The molecule has 0 aliphatic heterocycles. The number of amides is 1. The van der Waals surface area contributed by atoms with Crippen molar-refractivity contribution in [3.05, 3.63) is 96.9 Å². The largest absolute Gasteiger partial charge is 0.487 e. The number of nitriles is 1. The molecule has 0 fully saturated rings. The first kappa shape index (κ1) is 25.5. The molecule has 172 valence electrons. The van der Waals surface area contributed by atoms with Crippen molar-refractivity contribution in [2.24, 2.45) is 0 Å². The molecule has 3 aromatic rings. The molecule has 1 N–H and O–H groups in total. The van der Waals surface area contributed by atoms with E-state index in [1.165, 1.54) is 25.3 Å². The monoisotopic (exact) mass is 602 g/mol. The summed E-state index contributed by atoms with van der Waals surface area (Å²) in [6, 6.07) is 18.9. The summed E-state index contributed by atoms with van der Waals surface area (Å²) in [5.74, 6) is -0.615. The van der Waals surface area contributed by atoms with Gasteiger partial charge in [0.05, 0.1) is 17.1 Å². The smallest absolute Gasteiger partial charge is 0.337 e. The molecule has 3 aromatic carbocycles. The molecule has 0 aromatic heterocycles. The van der Waals surface area contributed by atoms with Gasteiger partial charge in [0.1, 0.15) is 24.0 Å². The molecule has 0 aliphatic rings. The predicted octanol–water partition coefficient (Wildman–Crippen LogP) is 6.78. The molecule has 0 atom stereocenters. The topological polar surface area (TPSA) is 88.4 Å². The van der Waals surface area contributed by atoms with E-state index in [0.29, 0.717) is 32.1 Å². The van der Waals surface area contributed by atoms with Crippen LogP contribution in [0.25, 0.3) is 6.08 Å². The van der Waals surface area contributed by atoms with E-state index in [-0.39, 0.29) is 12.2 Å². The number of esters is 1. The molecular formula is C25H17Br2ClN2O4. The second-order valence-corrected chi connectivity index (χ2v) is 9.12. The van der Waals surface area contributed by atoms with E-state index >= 15 is 0 Å². The van der Waals surface area contributed by atoms with Crippen LogP contribution in [0.5, 0.6) is 5.75 Å². The van der Waals surface area contributed by atoms with Crippen molar-refractivity contribution in [3.8, 4) is 11.8 Å². The van der Waals surface area contributed by atoms with Gasteiger partial charge in [-0.15, -0.1) is 0 Å². The molecule has 0 unspecified atom stereocenters. The number of nitrogens with zero attached hydrogens (tertiary/aromatic N) is 1. The maximum absolute atomic E-state index is 12.7. The number of carbonyl (C=O) groups is 2. The van der Waals surface area contributed by atoms with Crippen molar-refractivity contribution in [2.75, 3.05) is 12.4 Å². The number of benzene rings is 3. The van der Waals surface area contributed by atoms with Gasteiger partial charge in [-0.3, -0.25) is 4.79 Å². The summed E-state index contributed by atoms with van der Waals surface area (Å²) in [6.45, 7) is 0.263. The second-order valence-electron chi connectivity index (χ2n) is 6.91. The summed E-state index contributed by atoms with van der Waals surface area (Å²) >= 11 is 12.8. The Morgan fingerprint density at radius 3 is 2.38 bits per heavy atom. The van der Waals surface area contributed by atoms with E-state index in [9.17, 15) is 14.9 Å². The molecule has 3 rings (SSSR count). The quantitative estimate of drug-likeness (QED) is 0.183. The van der Waals surface area contributed by atoms with Gasteiger partial charge in [0.25, 0.3) is 5.91 Å². The number of hydrogen-bond donors (Lipinski definition) is 1. The number of halogens is 3. The average molecular weight is 605 g/mol. The summed E-state index contributed by atoms with van der Waals surface area (Å²) in [7, 11) is 1.29. The molecule has 9 heteroatoms. The van der Waals surface area contributed by atoms with Crippen molar-refractivity contribution in [3.63, 3.8) is 0 Å². The maximum atomic E-state index is 12.7. The molecule has 0 saturated heterocycles. The zero-order chi connectivity index (χ0) is 24.7. The maximum Gasteiger partial charge on any atom is 0.337 e. The van der Waals surface area contributed by atoms with Crippen LogP contribution in [0.2, 0.25) is 5.02 Å². The Bertz CT molecular complexity index is 1280. The lowest BCUT2D eigenvalue weighted by atomic mass is 10.1. The highest BCUT2D eigenvalue weighted by Crippen LogP contribution is 2.35. The Labute approximate surface area is 218 Å². The van der Waals surface area contributed by atoms with E-state index in [1.54, 1.807) is 30.3 Å². The minimum absolute atomic E-state index is 0.126. The predicted molar refractivity (Wildman–Crippen MR) is 138 cm³/mol. The van der Waals surface area contributed by atoms with E-state index < -0.39 is 11.9 Å². The molecule has 0 spiro atoms. The third-order valence-corrected chi connectivity index (χ3v) is 5.86. The number of carbonyl (C=O) groups excluding carboxylic acids is 2. The number of ether oxygens (including phenoxy) is 2. The first-order valence-corrected chi connectivity index (χ1v) is 11.7. The number of hydrogen-bond acceptors (Lipinski definition) is 5. The Morgan fingerprint density at radius 1 is 1.09 bits per heavy atom. The molecule has 0 bridgehead atoms. The van der Waals surface area contributed by atoms with Crippen LogP contribution >= 0.6 is 43.5 Å². The lowest BCUT2D eigenvalue weighted by Gasteiger charge is -2.13. The summed E-state index contributed by atoms with van der Waals surface area (Å²) in [4.78, 5) is 24.3. The Balaban J connectivity index is 1.84. The van der Waals surface area contributed by atoms with Gasteiger partial charge >= 0.3 is 5.97 Å². The molecule has 0 saturated carbocycles. The lowest BCUT2D eigenvalue weighted by molar-refractivity contribution is -0.112. The summed E-state index contributed by atoms with van der Waals surface area (Å²) in [6.07, 6.45) is 1.45. The van der Waals surface area contributed by atoms with Crippen LogP contribution in [0, 0.1) is 11.3 Å². The van der Waals surface area contributed by atoms with Crippen LogP contribution in [0.4, 0.5) is 5.69 Å². The Morgan fingerprint density at radius 2 is 1.76 bits per heavy atom. The van der Waals surface area contributed by atoms with Gasteiger partial charge in [-0.25, -0.2) is 4.79 Å². The van der Waals surface area contributed by atoms with Gasteiger partial charge in [-0.05, 0) is 76.1 Å². The Kier molecular flexibility index (Phi) is 8.88. The van der Waals surface area contributed by atoms with Crippen LogP contribution in [-0.2, 0) is 16.1 Å². The number of anilines is 1. The summed E-state index contributed by atoms with van der Waals surface area (Å²) < 4.78 is 12.0. The molecule has 0 aliphatic carbocycles.